The maximum absolute atomic E-state index is 10.8. The summed E-state index contributed by atoms with van der Waals surface area (Å²) in [7, 11) is 0. The molecule has 0 aliphatic heterocycles. The molecular formula is C86H50N6O2. The van der Waals surface area contributed by atoms with Crippen LogP contribution in [0, 0.1) is 17.9 Å². The molecule has 0 aliphatic rings. The second-order valence-electron chi connectivity index (χ2n) is 24.0. The fourth-order valence-corrected chi connectivity index (χ4v) is 15.1. The number of aromatic nitrogens is 4. The topological polar surface area (TPSA) is 74.2 Å². The summed E-state index contributed by atoms with van der Waals surface area (Å²) in [6.07, 6.45) is 0. The van der Waals surface area contributed by atoms with Crippen molar-refractivity contribution in [3.05, 3.63) is 320 Å². The summed E-state index contributed by atoms with van der Waals surface area (Å²) < 4.78 is 22.0. The number of fused-ring (bicyclic) bond motifs is 20. The van der Waals surface area contributed by atoms with E-state index in [1.54, 1.807) is 0 Å². The second-order valence-corrected chi connectivity index (χ2v) is 24.0. The lowest BCUT2D eigenvalue weighted by Crippen LogP contribution is -2.00. The van der Waals surface area contributed by atoms with Gasteiger partial charge in [-0.15, -0.1) is 0 Å². The van der Waals surface area contributed by atoms with Gasteiger partial charge in [0.1, 0.15) is 28.4 Å². The third kappa shape index (κ3) is 7.78. The van der Waals surface area contributed by atoms with E-state index in [9.17, 15) is 5.26 Å². The van der Waals surface area contributed by atoms with Gasteiger partial charge in [-0.3, -0.25) is 0 Å². The van der Waals surface area contributed by atoms with E-state index < -0.39 is 0 Å². The minimum absolute atomic E-state index is 0.619. The molecule has 20 rings (SSSR count). The molecule has 0 atom stereocenters. The zero-order valence-electron chi connectivity index (χ0n) is 50.4. The average molecular weight is 1200 g/mol. The number of furan rings is 2. The number of hydrogen-bond donors (Lipinski definition) is 0. The van der Waals surface area contributed by atoms with Crippen LogP contribution in [0.15, 0.2) is 312 Å². The van der Waals surface area contributed by atoms with Crippen LogP contribution in [-0.2, 0) is 0 Å². The Hall–Kier alpha value is -13.1. The highest BCUT2D eigenvalue weighted by Gasteiger charge is 2.24. The van der Waals surface area contributed by atoms with E-state index in [4.69, 9.17) is 15.4 Å². The maximum Gasteiger partial charge on any atom is 0.195 e. The minimum Gasteiger partial charge on any atom is -0.456 e. The fourth-order valence-electron chi connectivity index (χ4n) is 15.1. The summed E-state index contributed by atoms with van der Waals surface area (Å²) in [4.78, 5) is 3.97. The number of para-hydroxylation sites is 8. The summed E-state index contributed by atoms with van der Waals surface area (Å²) in [5.74, 6) is 0. The van der Waals surface area contributed by atoms with E-state index in [-0.39, 0.29) is 0 Å². The minimum atomic E-state index is 0.619. The SMILES string of the molecule is N#Cc1c(-c2cccc(-n3c4ccccc4c4ccccc43)c2)cccc1-n1c2ccccc2c2c3c(ccc21)oc1ccccc13.[C-]#[N+]c1ccc(-n2c3ccccc3c3c4oc5ccccc5c4ccc32)cc1-c1cccc(-n2c3ccccc3c3ccccc32)c1. The first-order valence-corrected chi connectivity index (χ1v) is 31.5. The van der Waals surface area contributed by atoms with Crippen LogP contribution in [0.2, 0.25) is 0 Å². The molecule has 20 aromatic rings. The van der Waals surface area contributed by atoms with E-state index >= 15 is 0 Å². The Morgan fingerprint density at radius 1 is 0.298 bits per heavy atom. The van der Waals surface area contributed by atoms with Crippen molar-refractivity contribution in [2.45, 2.75) is 0 Å². The number of rotatable bonds is 6. The predicted molar refractivity (Wildman–Crippen MR) is 387 cm³/mol. The first-order valence-electron chi connectivity index (χ1n) is 31.5. The molecule has 94 heavy (non-hydrogen) atoms. The summed E-state index contributed by atoms with van der Waals surface area (Å²) in [5.41, 5.74) is 21.4. The van der Waals surface area contributed by atoms with Crippen LogP contribution in [0.3, 0.4) is 0 Å². The highest BCUT2D eigenvalue weighted by Crippen LogP contribution is 2.46. The van der Waals surface area contributed by atoms with Gasteiger partial charge in [0, 0.05) is 81.9 Å². The molecule has 0 amide bonds. The summed E-state index contributed by atoms with van der Waals surface area (Å²) in [6, 6.07) is 108. The van der Waals surface area contributed by atoms with Crippen LogP contribution >= 0.6 is 0 Å². The zero-order chi connectivity index (χ0) is 62.1. The van der Waals surface area contributed by atoms with Crippen molar-refractivity contribution in [2.24, 2.45) is 0 Å². The highest BCUT2D eigenvalue weighted by atomic mass is 16.3. The van der Waals surface area contributed by atoms with Crippen molar-refractivity contribution in [2.75, 3.05) is 0 Å². The molecule has 0 N–H and O–H groups in total. The van der Waals surface area contributed by atoms with Gasteiger partial charge in [0.05, 0.1) is 67.3 Å². The third-order valence-corrected chi connectivity index (χ3v) is 19.1. The Morgan fingerprint density at radius 2 is 0.745 bits per heavy atom. The molecule has 0 aliphatic carbocycles. The normalized spacial score (nSPS) is 11.8. The molecular weight excluding hydrogens is 1150 g/mol. The lowest BCUT2D eigenvalue weighted by Gasteiger charge is -2.15. The van der Waals surface area contributed by atoms with E-state index in [2.05, 4.69) is 302 Å². The van der Waals surface area contributed by atoms with Crippen LogP contribution < -0.4 is 0 Å². The first-order chi connectivity index (χ1) is 46.6. The van der Waals surface area contributed by atoms with Crippen molar-refractivity contribution < 1.29 is 8.83 Å². The molecule has 8 heteroatoms. The van der Waals surface area contributed by atoms with Crippen molar-refractivity contribution >= 4 is 137 Å². The summed E-state index contributed by atoms with van der Waals surface area (Å²) >= 11 is 0. The van der Waals surface area contributed by atoms with Gasteiger partial charge in [0.2, 0.25) is 0 Å². The molecule has 0 unspecified atom stereocenters. The van der Waals surface area contributed by atoms with Gasteiger partial charge in [-0.1, -0.05) is 188 Å². The van der Waals surface area contributed by atoms with E-state index in [0.717, 1.165) is 155 Å². The van der Waals surface area contributed by atoms with Gasteiger partial charge in [-0.2, -0.15) is 5.26 Å². The smallest absolute Gasteiger partial charge is 0.195 e. The lowest BCUT2D eigenvalue weighted by molar-refractivity contribution is 0.669. The average Bonchev–Trinajstić information content (AvgIpc) is 1.58. The molecule has 8 nitrogen and oxygen atoms in total. The molecule has 0 radical (unpaired) electrons. The number of nitriles is 1. The van der Waals surface area contributed by atoms with E-state index in [1.807, 2.05) is 30.3 Å². The van der Waals surface area contributed by atoms with Crippen molar-refractivity contribution in [1.29, 1.82) is 5.26 Å². The Bertz CT molecular complexity index is 6560. The third-order valence-electron chi connectivity index (χ3n) is 19.1. The maximum atomic E-state index is 10.8. The van der Waals surface area contributed by atoms with Gasteiger partial charge in [0.25, 0.3) is 0 Å². The molecule has 0 fully saturated rings. The number of hydrogen-bond acceptors (Lipinski definition) is 3. The van der Waals surface area contributed by atoms with E-state index in [1.165, 1.54) is 21.5 Å². The Kier molecular flexibility index (Phi) is 11.6. The van der Waals surface area contributed by atoms with Gasteiger partial charge in [-0.05, 0) is 132 Å². The van der Waals surface area contributed by atoms with Crippen molar-refractivity contribution in [3.63, 3.8) is 0 Å². The van der Waals surface area contributed by atoms with Crippen LogP contribution in [0.4, 0.5) is 5.69 Å². The van der Waals surface area contributed by atoms with Crippen LogP contribution in [0.1, 0.15) is 5.56 Å². The summed E-state index contributed by atoms with van der Waals surface area (Å²) in [6.45, 7) is 8.09. The van der Waals surface area contributed by atoms with Crippen LogP contribution in [0.25, 0.3) is 181 Å². The Labute approximate surface area is 537 Å². The number of benzene rings is 14. The molecule has 0 bridgehead atoms. The highest BCUT2D eigenvalue weighted by molar-refractivity contribution is 6.28. The lowest BCUT2D eigenvalue weighted by atomic mass is 9.98. The monoisotopic (exact) mass is 1200 g/mol. The van der Waals surface area contributed by atoms with Gasteiger partial charge >= 0.3 is 0 Å². The molecule has 14 aromatic carbocycles. The molecule has 436 valence electrons. The molecule has 0 saturated carbocycles. The Morgan fingerprint density at radius 3 is 1.33 bits per heavy atom. The predicted octanol–water partition coefficient (Wildman–Crippen LogP) is 23.3. The quantitative estimate of drug-likeness (QED) is 0.156. The van der Waals surface area contributed by atoms with Crippen LogP contribution in [0.5, 0.6) is 0 Å². The molecule has 0 spiro atoms. The van der Waals surface area contributed by atoms with Gasteiger partial charge in [0.15, 0.2) is 5.69 Å². The Balaban J connectivity index is 0.000000133. The standard InChI is InChI=1S/2C43H25N3O/c1-44-36-23-21-29(46-39-19-8-4-16-34(39)42-40(46)24-22-33-32-15-5-9-20-41(32)47-43(33)42)26-35(36)27-11-10-12-28(25-27)45-37-17-6-2-13-30(37)31-14-3-7-18-38(31)45;44-26-34-29(27-11-9-12-28(25-27)45-35-18-5-1-13-30(35)31-14-2-6-19-36(31)45)17-10-21-38(34)46-37-20-7-3-15-32(37)42-39(46)23-24-41-43(42)33-16-4-8-22-40(33)47-41/h2-26H;1-25H. The van der Waals surface area contributed by atoms with Crippen molar-refractivity contribution in [3.8, 4) is 51.1 Å². The molecule has 6 aromatic heterocycles. The largest absolute Gasteiger partial charge is 0.456 e. The number of nitrogens with zero attached hydrogens (tertiary/aromatic N) is 6. The van der Waals surface area contributed by atoms with Crippen molar-refractivity contribution in [1.82, 2.24) is 18.3 Å². The van der Waals surface area contributed by atoms with Crippen LogP contribution in [-0.4, -0.2) is 18.3 Å². The van der Waals surface area contributed by atoms with Gasteiger partial charge in [-0.25, -0.2) is 4.85 Å². The first kappa shape index (κ1) is 52.8. The molecule has 0 saturated heterocycles. The fraction of sp³-hybridized carbons (Fsp3) is 0. The summed E-state index contributed by atoms with van der Waals surface area (Å²) in [5, 5.41) is 24.6. The zero-order valence-corrected chi connectivity index (χ0v) is 50.4. The molecule has 6 heterocycles. The van der Waals surface area contributed by atoms with Gasteiger partial charge < -0.3 is 27.1 Å². The second kappa shape index (κ2) is 20.7. The van der Waals surface area contributed by atoms with E-state index in [0.29, 0.717) is 11.3 Å².